The maximum atomic E-state index is 11.7. The second-order valence-electron chi connectivity index (χ2n) is 4.56. The molecule has 1 aliphatic rings. The summed E-state index contributed by atoms with van der Waals surface area (Å²) in [5.74, 6) is 0.340. The van der Waals surface area contributed by atoms with E-state index in [0.29, 0.717) is 17.8 Å². The average molecular weight is 294 g/mol. The topological polar surface area (TPSA) is 112 Å². The second-order valence-corrected chi connectivity index (χ2v) is 6.79. The van der Waals surface area contributed by atoms with Crippen LogP contribution in [-0.4, -0.2) is 43.4 Å². The van der Waals surface area contributed by atoms with E-state index in [1.54, 1.807) is 12.1 Å². The number of rotatable bonds is 4. The van der Waals surface area contributed by atoms with Crippen LogP contribution in [0.2, 0.25) is 0 Å². The van der Waals surface area contributed by atoms with Crippen LogP contribution < -0.4 is 10.6 Å². The van der Waals surface area contributed by atoms with Crippen molar-refractivity contribution >= 4 is 21.6 Å². The molecule has 1 amide bonds. The molecule has 2 N–H and O–H groups in total. The summed E-state index contributed by atoms with van der Waals surface area (Å²) in [4.78, 5) is 15.6. The normalized spacial score (nSPS) is 20.1. The van der Waals surface area contributed by atoms with Gasteiger partial charge in [0.05, 0.1) is 23.6 Å². The van der Waals surface area contributed by atoms with Gasteiger partial charge >= 0.3 is 0 Å². The van der Waals surface area contributed by atoms with Crippen LogP contribution >= 0.6 is 0 Å². The highest BCUT2D eigenvalue weighted by molar-refractivity contribution is 7.91. The fraction of sp³-hybridized carbons (Fsp3) is 0.417. The summed E-state index contributed by atoms with van der Waals surface area (Å²) in [5, 5.41) is 14.1. The fourth-order valence-corrected chi connectivity index (χ4v) is 3.60. The molecule has 2 heterocycles. The monoisotopic (exact) mass is 294 g/mol. The summed E-state index contributed by atoms with van der Waals surface area (Å²) in [6.07, 6.45) is 1.87. The Labute approximate surface area is 116 Å². The number of amides is 1. The number of hydrogen-bond acceptors (Lipinski definition) is 6. The molecule has 0 unspecified atom stereocenters. The van der Waals surface area contributed by atoms with Crippen molar-refractivity contribution in [1.29, 1.82) is 5.26 Å². The molecule has 1 aliphatic heterocycles. The Kier molecular flexibility index (Phi) is 4.20. The first-order valence-corrected chi connectivity index (χ1v) is 7.90. The summed E-state index contributed by atoms with van der Waals surface area (Å²) in [7, 11) is -2.99. The minimum atomic E-state index is -2.99. The zero-order valence-electron chi connectivity index (χ0n) is 10.7. The summed E-state index contributed by atoms with van der Waals surface area (Å²) >= 11 is 0. The lowest BCUT2D eigenvalue weighted by Crippen LogP contribution is -2.39. The van der Waals surface area contributed by atoms with E-state index in [1.165, 1.54) is 6.20 Å². The highest BCUT2D eigenvalue weighted by Gasteiger charge is 2.28. The van der Waals surface area contributed by atoms with Crippen LogP contribution in [0, 0.1) is 11.3 Å². The Morgan fingerprint density at radius 1 is 1.50 bits per heavy atom. The molecular weight excluding hydrogens is 280 g/mol. The number of sulfone groups is 1. The van der Waals surface area contributed by atoms with Gasteiger partial charge in [-0.2, -0.15) is 5.26 Å². The Balaban J connectivity index is 1.79. The van der Waals surface area contributed by atoms with Gasteiger partial charge in [0.25, 0.3) is 0 Å². The van der Waals surface area contributed by atoms with Crippen LogP contribution in [-0.2, 0) is 14.6 Å². The standard InChI is InChI=1S/C12H14N4O3S/c13-5-9-1-2-11(14-6-9)15-7-12(17)16-10-3-4-20(18,19)8-10/h1-2,6,10H,3-4,7-8H2,(H,14,15)(H,16,17)/t10-/m0/s1. The molecular formula is C12H14N4O3S. The molecule has 0 radical (unpaired) electrons. The number of hydrogen-bond donors (Lipinski definition) is 2. The molecule has 1 fully saturated rings. The number of nitriles is 1. The van der Waals surface area contributed by atoms with Gasteiger partial charge in [0.2, 0.25) is 5.91 Å². The lowest BCUT2D eigenvalue weighted by molar-refractivity contribution is -0.119. The molecule has 2 rings (SSSR count). The van der Waals surface area contributed by atoms with Crippen molar-refractivity contribution in [1.82, 2.24) is 10.3 Å². The molecule has 7 nitrogen and oxygen atoms in total. The largest absolute Gasteiger partial charge is 0.361 e. The van der Waals surface area contributed by atoms with Crippen LogP contribution in [0.15, 0.2) is 18.3 Å². The van der Waals surface area contributed by atoms with Crippen LogP contribution in [0.5, 0.6) is 0 Å². The third-order valence-corrected chi connectivity index (χ3v) is 4.69. The molecule has 1 saturated heterocycles. The van der Waals surface area contributed by atoms with Gasteiger partial charge in [-0.05, 0) is 18.6 Å². The maximum absolute atomic E-state index is 11.7. The first kappa shape index (κ1) is 14.3. The lowest BCUT2D eigenvalue weighted by Gasteiger charge is -2.11. The van der Waals surface area contributed by atoms with Gasteiger partial charge in [-0.25, -0.2) is 13.4 Å². The SMILES string of the molecule is N#Cc1ccc(NCC(=O)N[C@H]2CCS(=O)(=O)C2)nc1. The molecule has 0 aliphatic carbocycles. The third-order valence-electron chi connectivity index (χ3n) is 2.92. The molecule has 1 aromatic heterocycles. The molecule has 1 aromatic rings. The minimum absolute atomic E-state index is 0.00779. The quantitative estimate of drug-likeness (QED) is 0.786. The van der Waals surface area contributed by atoms with Crippen molar-refractivity contribution in [3.63, 3.8) is 0 Å². The number of carbonyl (C=O) groups excluding carboxylic acids is 1. The predicted octanol–water partition coefficient (Wildman–Crippen LogP) is -0.332. The smallest absolute Gasteiger partial charge is 0.239 e. The zero-order valence-corrected chi connectivity index (χ0v) is 11.5. The Morgan fingerprint density at radius 2 is 2.30 bits per heavy atom. The zero-order chi connectivity index (χ0) is 14.6. The molecule has 1 atom stereocenters. The van der Waals surface area contributed by atoms with Gasteiger partial charge in [-0.3, -0.25) is 4.79 Å². The van der Waals surface area contributed by atoms with E-state index in [4.69, 9.17) is 5.26 Å². The van der Waals surface area contributed by atoms with Crippen molar-refractivity contribution in [2.75, 3.05) is 23.4 Å². The van der Waals surface area contributed by atoms with E-state index in [-0.39, 0.29) is 30.0 Å². The van der Waals surface area contributed by atoms with Crippen molar-refractivity contribution in [2.45, 2.75) is 12.5 Å². The van der Waals surface area contributed by atoms with Gasteiger partial charge in [0.15, 0.2) is 9.84 Å². The van der Waals surface area contributed by atoms with Crippen LogP contribution in [0.1, 0.15) is 12.0 Å². The van der Waals surface area contributed by atoms with Crippen LogP contribution in [0.3, 0.4) is 0 Å². The number of anilines is 1. The van der Waals surface area contributed by atoms with E-state index in [1.807, 2.05) is 6.07 Å². The first-order chi connectivity index (χ1) is 9.48. The van der Waals surface area contributed by atoms with E-state index in [2.05, 4.69) is 15.6 Å². The molecule has 0 bridgehead atoms. The summed E-state index contributed by atoms with van der Waals surface area (Å²) in [6, 6.07) is 4.84. The fourth-order valence-electron chi connectivity index (χ4n) is 1.92. The van der Waals surface area contributed by atoms with Gasteiger partial charge in [-0.15, -0.1) is 0 Å². The van der Waals surface area contributed by atoms with Crippen LogP contribution in [0.4, 0.5) is 5.82 Å². The second kappa shape index (κ2) is 5.88. The number of nitrogens with zero attached hydrogens (tertiary/aromatic N) is 2. The molecule has 20 heavy (non-hydrogen) atoms. The Bertz CT molecular complexity index is 634. The summed E-state index contributed by atoms with van der Waals surface area (Å²) in [5.41, 5.74) is 0.441. The van der Waals surface area contributed by atoms with Gasteiger partial charge in [-0.1, -0.05) is 0 Å². The Hall–Kier alpha value is -2.14. The summed E-state index contributed by atoms with van der Waals surface area (Å²) in [6.45, 7) is 0.00937. The molecule has 8 heteroatoms. The number of aromatic nitrogens is 1. The number of carbonyl (C=O) groups is 1. The molecule has 0 saturated carbocycles. The highest BCUT2D eigenvalue weighted by Crippen LogP contribution is 2.11. The van der Waals surface area contributed by atoms with Crippen LogP contribution in [0.25, 0.3) is 0 Å². The van der Waals surface area contributed by atoms with Crippen molar-refractivity contribution in [3.8, 4) is 6.07 Å². The Morgan fingerprint density at radius 3 is 2.85 bits per heavy atom. The van der Waals surface area contributed by atoms with Crippen molar-refractivity contribution in [3.05, 3.63) is 23.9 Å². The average Bonchev–Trinajstić information content (AvgIpc) is 2.76. The van der Waals surface area contributed by atoms with Crippen molar-refractivity contribution < 1.29 is 13.2 Å². The van der Waals surface area contributed by atoms with Gasteiger partial charge in [0, 0.05) is 12.2 Å². The van der Waals surface area contributed by atoms with Gasteiger partial charge in [0.1, 0.15) is 11.9 Å². The lowest BCUT2D eigenvalue weighted by atomic mass is 10.2. The van der Waals surface area contributed by atoms with E-state index >= 15 is 0 Å². The molecule has 106 valence electrons. The molecule has 0 spiro atoms. The van der Waals surface area contributed by atoms with E-state index in [9.17, 15) is 13.2 Å². The van der Waals surface area contributed by atoms with E-state index in [0.717, 1.165) is 0 Å². The van der Waals surface area contributed by atoms with Gasteiger partial charge < -0.3 is 10.6 Å². The third kappa shape index (κ3) is 3.93. The number of pyridine rings is 1. The van der Waals surface area contributed by atoms with E-state index < -0.39 is 9.84 Å². The predicted molar refractivity (Wildman–Crippen MR) is 72.6 cm³/mol. The highest BCUT2D eigenvalue weighted by atomic mass is 32.2. The van der Waals surface area contributed by atoms with Crippen molar-refractivity contribution in [2.24, 2.45) is 0 Å². The minimum Gasteiger partial charge on any atom is -0.361 e. The first-order valence-electron chi connectivity index (χ1n) is 6.08. The number of nitrogens with one attached hydrogen (secondary N) is 2. The summed E-state index contributed by atoms with van der Waals surface area (Å²) < 4.78 is 22.5. The molecule has 0 aromatic carbocycles. The maximum Gasteiger partial charge on any atom is 0.239 e.